The van der Waals surface area contributed by atoms with Gasteiger partial charge in [-0.3, -0.25) is 0 Å². The van der Waals surface area contributed by atoms with Crippen molar-refractivity contribution >= 4 is 0 Å². The molecule has 1 fully saturated rings. The Hall–Kier alpha value is -0.370. The smallest absolute Gasteiger partial charge is 0.130 e. The van der Waals surface area contributed by atoms with Gasteiger partial charge in [-0.1, -0.05) is 12.2 Å². The fourth-order valence-corrected chi connectivity index (χ4v) is 1.44. The first-order valence-corrected chi connectivity index (χ1v) is 4.16. The summed E-state index contributed by atoms with van der Waals surface area (Å²) < 4.78 is 18.3. The molecule has 1 aliphatic carbocycles. The number of rotatable bonds is 2. The normalized spacial score (nSPS) is 32.4. The van der Waals surface area contributed by atoms with Crippen molar-refractivity contribution in [3.8, 4) is 0 Å². The lowest BCUT2D eigenvalue weighted by Crippen LogP contribution is -2.29. The molecular formula is C9H15FO. The molecule has 0 amide bonds. The first-order valence-electron chi connectivity index (χ1n) is 4.16. The molecule has 11 heavy (non-hydrogen) atoms. The summed E-state index contributed by atoms with van der Waals surface area (Å²) >= 11 is 0. The van der Waals surface area contributed by atoms with Crippen LogP contribution in [0.15, 0.2) is 12.2 Å². The van der Waals surface area contributed by atoms with Gasteiger partial charge in [-0.25, -0.2) is 4.39 Å². The Morgan fingerprint density at radius 2 is 2.45 bits per heavy atom. The molecule has 2 unspecified atom stereocenters. The first-order chi connectivity index (χ1) is 5.24. The van der Waals surface area contributed by atoms with Crippen LogP contribution in [0.3, 0.4) is 0 Å². The molecule has 2 heteroatoms. The van der Waals surface area contributed by atoms with Crippen molar-refractivity contribution in [1.29, 1.82) is 0 Å². The number of hydrogen-bond donors (Lipinski definition) is 0. The van der Waals surface area contributed by atoms with Crippen molar-refractivity contribution in [3.63, 3.8) is 0 Å². The standard InChI is InChI=1S/C9H15FO/c1-3-11-9-5-4-7(2)6-8(9)10/h8-9H,2-6H2,1H3. The molecule has 0 saturated heterocycles. The van der Waals surface area contributed by atoms with Gasteiger partial charge in [0.25, 0.3) is 0 Å². The van der Waals surface area contributed by atoms with Crippen LogP contribution in [-0.4, -0.2) is 18.9 Å². The highest BCUT2D eigenvalue weighted by molar-refractivity contribution is 5.02. The van der Waals surface area contributed by atoms with Crippen LogP contribution in [0.1, 0.15) is 26.2 Å². The van der Waals surface area contributed by atoms with Crippen LogP contribution in [-0.2, 0) is 4.74 Å². The highest BCUT2D eigenvalue weighted by Crippen LogP contribution is 2.26. The van der Waals surface area contributed by atoms with Crippen molar-refractivity contribution in [1.82, 2.24) is 0 Å². The summed E-state index contributed by atoms with van der Waals surface area (Å²) in [6.45, 7) is 6.27. The minimum atomic E-state index is -0.823. The van der Waals surface area contributed by atoms with Gasteiger partial charge in [0, 0.05) is 13.0 Å². The van der Waals surface area contributed by atoms with E-state index in [1.807, 2.05) is 6.92 Å². The lowest BCUT2D eigenvalue weighted by molar-refractivity contribution is -0.00892. The third-order valence-corrected chi connectivity index (χ3v) is 2.05. The Morgan fingerprint density at radius 3 is 3.00 bits per heavy atom. The van der Waals surface area contributed by atoms with Gasteiger partial charge < -0.3 is 4.74 Å². The minimum absolute atomic E-state index is 0.175. The predicted molar refractivity (Wildman–Crippen MR) is 43.3 cm³/mol. The maximum absolute atomic E-state index is 13.1. The SMILES string of the molecule is C=C1CCC(OCC)C(F)C1. The molecule has 0 bridgehead atoms. The lowest BCUT2D eigenvalue weighted by atomic mass is 9.92. The van der Waals surface area contributed by atoms with Gasteiger partial charge in [0.1, 0.15) is 6.17 Å². The van der Waals surface area contributed by atoms with E-state index in [4.69, 9.17) is 4.74 Å². The minimum Gasteiger partial charge on any atom is -0.375 e. The van der Waals surface area contributed by atoms with Gasteiger partial charge in [0.15, 0.2) is 0 Å². The summed E-state index contributed by atoms with van der Waals surface area (Å²) in [6.07, 6.45) is 1.21. The molecule has 0 aromatic heterocycles. The maximum Gasteiger partial charge on any atom is 0.130 e. The van der Waals surface area contributed by atoms with E-state index in [1.165, 1.54) is 0 Å². The predicted octanol–water partition coefficient (Wildman–Crippen LogP) is 2.47. The van der Waals surface area contributed by atoms with E-state index < -0.39 is 6.17 Å². The molecule has 0 aliphatic heterocycles. The zero-order valence-electron chi connectivity index (χ0n) is 6.98. The van der Waals surface area contributed by atoms with Gasteiger partial charge in [0.2, 0.25) is 0 Å². The molecule has 1 rings (SSSR count). The van der Waals surface area contributed by atoms with Crippen LogP contribution in [0, 0.1) is 0 Å². The van der Waals surface area contributed by atoms with Crippen molar-refractivity contribution < 1.29 is 9.13 Å². The summed E-state index contributed by atoms with van der Waals surface area (Å²) in [6, 6.07) is 0. The van der Waals surface area contributed by atoms with E-state index in [0.29, 0.717) is 13.0 Å². The Morgan fingerprint density at radius 1 is 1.73 bits per heavy atom. The van der Waals surface area contributed by atoms with Crippen molar-refractivity contribution in [2.75, 3.05) is 6.61 Å². The Balaban J connectivity index is 2.37. The molecule has 1 nitrogen and oxygen atoms in total. The molecule has 0 aromatic rings. The molecule has 1 saturated carbocycles. The maximum atomic E-state index is 13.1. The zero-order chi connectivity index (χ0) is 8.27. The van der Waals surface area contributed by atoms with E-state index in [2.05, 4.69) is 6.58 Å². The van der Waals surface area contributed by atoms with Crippen LogP contribution in [0.2, 0.25) is 0 Å². The third-order valence-electron chi connectivity index (χ3n) is 2.05. The third kappa shape index (κ3) is 2.29. The van der Waals surface area contributed by atoms with E-state index in [0.717, 1.165) is 18.4 Å². The zero-order valence-corrected chi connectivity index (χ0v) is 6.98. The summed E-state index contributed by atoms with van der Waals surface area (Å²) in [5.74, 6) is 0. The number of alkyl halides is 1. The van der Waals surface area contributed by atoms with Crippen LogP contribution in [0.25, 0.3) is 0 Å². The van der Waals surface area contributed by atoms with Crippen LogP contribution in [0.5, 0.6) is 0 Å². The van der Waals surface area contributed by atoms with E-state index >= 15 is 0 Å². The quantitative estimate of drug-likeness (QED) is 0.561. The van der Waals surface area contributed by atoms with Crippen LogP contribution >= 0.6 is 0 Å². The highest BCUT2D eigenvalue weighted by atomic mass is 19.1. The fourth-order valence-electron chi connectivity index (χ4n) is 1.44. The molecule has 0 aromatic carbocycles. The Kier molecular flexibility index (Phi) is 3.06. The second-order valence-corrected chi connectivity index (χ2v) is 3.00. The molecule has 2 atom stereocenters. The highest BCUT2D eigenvalue weighted by Gasteiger charge is 2.26. The molecule has 64 valence electrons. The lowest BCUT2D eigenvalue weighted by Gasteiger charge is -2.26. The van der Waals surface area contributed by atoms with E-state index in [-0.39, 0.29) is 6.10 Å². The van der Waals surface area contributed by atoms with Crippen LogP contribution < -0.4 is 0 Å². The average Bonchev–Trinajstić information content (AvgIpc) is 1.95. The van der Waals surface area contributed by atoms with Crippen molar-refractivity contribution in [3.05, 3.63) is 12.2 Å². The monoisotopic (exact) mass is 158 g/mol. The largest absolute Gasteiger partial charge is 0.375 e. The van der Waals surface area contributed by atoms with Gasteiger partial charge >= 0.3 is 0 Å². The molecule has 1 aliphatic rings. The molecule has 0 N–H and O–H groups in total. The van der Waals surface area contributed by atoms with Gasteiger partial charge in [0.05, 0.1) is 6.10 Å². The summed E-state index contributed by atoms with van der Waals surface area (Å²) in [4.78, 5) is 0. The Bertz CT molecular complexity index is 144. The van der Waals surface area contributed by atoms with Gasteiger partial charge in [-0.2, -0.15) is 0 Å². The fraction of sp³-hybridized carbons (Fsp3) is 0.778. The van der Waals surface area contributed by atoms with Crippen LogP contribution in [0.4, 0.5) is 4.39 Å². The van der Waals surface area contributed by atoms with Gasteiger partial charge in [-0.15, -0.1) is 0 Å². The number of allylic oxidation sites excluding steroid dienone is 1. The number of hydrogen-bond acceptors (Lipinski definition) is 1. The first kappa shape index (κ1) is 8.72. The number of ether oxygens (including phenoxy) is 1. The second-order valence-electron chi connectivity index (χ2n) is 3.00. The Labute approximate surface area is 67.2 Å². The summed E-state index contributed by atoms with van der Waals surface area (Å²) in [7, 11) is 0. The van der Waals surface area contributed by atoms with E-state index in [1.54, 1.807) is 0 Å². The summed E-state index contributed by atoms with van der Waals surface area (Å²) in [5.41, 5.74) is 1.02. The van der Waals surface area contributed by atoms with E-state index in [9.17, 15) is 4.39 Å². The topological polar surface area (TPSA) is 9.23 Å². The molecule has 0 heterocycles. The molecule has 0 spiro atoms. The van der Waals surface area contributed by atoms with Crippen molar-refractivity contribution in [2.45, 2.75) is 38.5 Å². The average molecular weight is 158 g/mol. The van der Waals surface area contributed by atoms with Crippen molar-refractivity contribution in [2.24, 2.45) is 0 Å². The summed E-state index contributed by atoms with van der Waals surface area (Å²) in [5, 5.41) is 0. The number of halogens is 1. The second kappa shape index (κ2) is 3.86. The van der Waals surface area contributed by atoms with Gasteiger partial charge in [-0.05, 0) is 19.8 Å². The molecule has 0 radical (unpaired) electrons. The molecular weight excluding hydrogens is 143 g/mol.